The summed E-state index contributed by atoms with van der Waals surface area (Å²) in [6.07, 6.45) is -10.5. The van der Waals surface area contributed by atoms with E-state index < -0.39 is 47.0 Å². The molecule has 0 aliphatic heterocycles. The number of hydrogen-bond donors (Lipinski definition) is 0. The van der Waals surface area contributed by atoms with Crippen LogP contribution >= 0.6 is 0 Å². The molecule has 12 heteroatoms. The van der Waals surface area contributed by atoms with Crippen molar-refractivity contribution < 1.29 is 52.7 Å². The minimum atomic E-state index is -6.79. The van der Waals surface area contributed by atoms with Crippen molar-refractivity contribution in [2.45, 2.75) is 23.9 Å². The van der Waals surface area contributed by atoms with Gasteiger partial charge >= 0.3 is 23.9 Å². The van der Waals surface area contributed by atoms with Crippen molar-refractivity contribution in [3.63, 3.8) is 0 Å². The Morgan fingerprint density at radius 3 is 1.50 bits per heavy atom. The molecule has 0 aromatic carbocycles. The summed E-state index contributed by atoms with van der Waals surface area (Å²) in [4.78, 5) is 0. The van der Waals surface area contributed by atoms with Crippen molar-refractivity contribution in [3.8, 4) is 0 Å². The zero-order chi connectivity index (χ0) is 16.3. The zero-order valence-electron chi connectivity index (χ0n) is 8.54. The molecule has 0 saturated carbocycles. The van der Waals surface area contributed by atoms with Crippen LogP contribution in [0.2, 0.25) is 0 Å². The van der Waals surface area contributed by atoms with Gasteiger partial charge in [0.25, 0.3) is 6.08 Å². The largest absolute Gasteiger partial charge is 0.419 e. The Hall–Kier alpha value is -1.36. The maximum absolute atomic E-state index is 12.9. The van der Waals surface area contributed by atoms with Gasteiger partial charge in [-0.1, -0.05) is 0 Å². The van der Waals surface area contributed by atoms with Gasteiger partial charge in [0.15, 0.2) is 5.83 Å². The van der Waals surface area contributed by atoms with Gasteiger partial charge in [0.2, 0.25) is 0 Å². The molecule has 0 fully saturated rings. The molecule has 1 aliphatic rings. The van der Waals surface area contributed by atoms with Gasteiger partial charge < -0.3 is 0 Å². The van der Waals surface area contributed by atoms with Crippen LogP contribution in [0.1, 0.15) is 0 Å². The van der Waals surface area contributed by atoms with E-state index >= 15 is 0 Å². The third-order valence-electron chi connectivity index (χ3n) is 2.32. The first-order chi connectivity index (χ1) is 8.60. The second-order valence-electron chi connectivity index (χ2n) is 3.55. The number of rotatable bonds is 0. The van der Waals surface area contributed by atoms with Gasteiger partial charge in [-0.25, -0.2) is 4.39 Å². The van der Waals surface area contributed by atoms with E-state index in [1.807, 2.05) is 0 Å². The highest BCUT2D eigenvalue weighted by Gasteiger charge is 2.81. The van der Waals surface area contributed by atoms with Crippen LogP contribution in [0.5, 0.6) is 0 Å². The molecule has 0 aromatic rings. The van der Waals surface area contributed by atoms with E-state index in [0.29, 0.717) is 0 Å². The van der Waals surface area contributed by atoms with Gasteiger partial charge in [-0.05, 0) is 0 Å². The Kier molecular flexibility index (Phi) is 3.40. The molecule has 1 aliphatic carbocycles. The molecule has 0 unspecified atom stereocenters. The van der Waals surface area contributed by atoms with Crippen molar-refractivity contribution in [2.24, 2.45) is 0 Å². The number of allylic oxidation sites excluding steroid dienone is 3. The molecular weight excluding hydrogens is 324 g/mol. The quantitative estimate of drug-likeness (QED) is 0.559. The molecule has 0 atom stereocenters. The summed E-state index contributed by atoms with van der Waals surface area (Å²) >= 11 is 0. The first kappa shape index (κ1) is 16.7. The summed E-state index contributed by atoms with van der Waals surface area (Å²) in [5, 5.41) is 0. The van der Waals surface area contributed by atoms with E-state index in [-0.39, 0.29) is 0 Å². The molecule has 0 saturated heterocycles. The van der Waals surface area contributed by atoms with Crippen LogP contribution in [0.3, 0.4) is 0 Å². The van der Waals surface area contributed by atoms with Crippen LogP contribution in [0.25, 0.3) is 0 Å². The van der Waals surface area contributed by atoms with E-state index in [0.717, 1.165) is 0 Å². The summed E-state index contributed by atoms with van der Waals surface area (Å²) in [5.41, 5.74) is -7.61. The van der Waals surface area contributed by atoms with Gasteiger partial charge in [-0.3, -0.25) is 0 Å². The number of alkyl halides is 9. The van der Waals surface area contributed by atoms with Crippen molar-refractivity contribution in [3.05, 3.63) is 23.1 Å². The fourth-order valence-electron chi connectivity index (χ4n) is 1.40. The van der Waals surface area contributed by atoms with E-state index in [4.69, 9.17) is 0 Å². The normalized spacial score (nSPS) is 24.9. The van der Waals surface area contributed by atoms with Crippen LogP contribution in [0.15, 0.2) is 23.1 Å². The first-order valence-electron chi connectivity index (χ1n) is 4.27. The Morgan fingerprint density at radius 2 is 1.20 bits per heavy atom. The monoisotopic (exact) mass is 324 g/mol. The predicted octanol–water partition coefficient (Wildman–Crippen LogP) is 4.84. The second kappa shape index (κ2) is 4.07. The minimum Gasteiger partial charge on any atom is -0.204 e. The van der Waals surface area contributed by atoms with Crippen molar-refractivity contribution in [1.82, 2.24) is 0 Å². The Morgan fingerprint density at radius 1 is 0.800 bits per heavy atom. The molecule has 0 aromatic heterocycles. The molecule has 0 heterocycles. The highest BCUT2D eigenvalue weighted by molar-refractivity contribution is 5.50. The Bertz CT molecular complexity index is 486. The van der Waals surface area contributed by atoms with Crippen LogP contribution in [0, 0.1) is 0 Å². The van der Waals surface area contributed by atoms with E-state index in [1.165, 1.54) is 0 Å². The lowest BCUT2D eigenvalue weighted by Gasteiger charge is -2.38. The minimum absolute atomic E-state index is 3.81. The summed E-state index contributed by atoms with van der Waals surface area (Å²) in [6, 6.07) is 0. The molecular formula is C8F12. The van der Waals surface area contributed by atoms with Gasteiger partial charge in [0, 0.05) is 0 Å². The fourth-order valence-corrected chi connectivity index (χ4v) is 1.40. The molecule has 0 amide bonds. The summed E-state index contributed by atoms with van der Waals surface area (Å²) in [5.74, 6) is -24.1. The van der Waals surface area contributed by atoms with Crippen LogP contribution in [0.4, 0.5) is 52.7 Å². The molecule has 0 nitrogen and oxygen atoms in total. The third-order valence-corrected chi connectivity index (χ3v) is 2.32. The number of hydrogen-bond acceptors (Lipinski definition) is 0. The second-order valence-corrected chi connectivity index (χ2v) is 3.55. The number of halogens is 12. The molecule has 0 bridgehead atoms. The topological polar surface area (TPSA) is 0 Å². The highest BCUT2D eigenvalue weighted by Crippen LogP contribution is 2.61. The third kappa shape index (κ3) is 1.87. The lowest BCUT2D eigenvalue weighted by atomic mass is 9.84. The summed E-state index contributed by atoms with van der Waals surface area (Å²) in [7, 11) is 0. The van der Waals surface area contributed by atoms with Gasteiger partial charge in [0.05, 0.1) is 0 Å². The van der Waals surface area contributed by atoms with E-state index in [1.54, 1.807) is 0 Å². The first-order valence-corrected chi connectivity index (χ1v) is 4.27. The van der Waals surface area contributed by atoms with Gasteiger partial charge in [-0.15, -0.1) is 0 Å². The summed E-state index contributed by atoms with van der Waals surface area (Å²) < 4.78 is 150. The smallest absolute Gasteiger partial charge is 0.204 e. The molecule has 0 N–H and O–H groups in total. The maximum Gasteiger partial charge on any atom is 0.419 e. The molecule has 116 valence electrons. The van der Waals surface area contributed by atoms with Crippen LogP contribution < -0.4 is 0 Å². The molecule has 20 heavy (non-hydrogen) atoms. The van der Waals surface area contributed by atoms with Crippen LogP contribution in [-0.2, 0) is 0 Å². The van der Waals surface area contributed by atoms with Crippen LogP contribution in [-0.4, -0.2) is 23.9 Å². The van der Waals surface area contributed by atoms with Crippen molar-refractivity contribution >= 4 is 0 Å². The standard InChI is InChI=1S/C8F12/c9-3-1(7(16,17)18)2(4(10)11)5(12,13)8(19,20)6(3,14)15. The lowest BCUT2D eigenvalue weighted by Crippen LogP contribution is -2.60. The maximum atomic E-state index is 12.9. The average molecular weight is 324 g/mol. The SMILES string of the molecule is FC(F)=C1C(C(F)(F)F)=C(F)C(F)(F)C(F)(F)C1(F)F. The van der Waals surface area contributed by atoms with Gasteiger partial charge in [0.1, 0.15) is 11.1 Å². The Labute approximate surface area is 101 Å². The van der Waals surface area contributed by atoms with Crippen molar-refractivity contribution in [1.29, 1.82) is 0 Å². The fraction of sp³-hybridized carbons (Fsp3) is 0.500. The van der Waals surface area contributed by atoms with Crippen molar-refractivity contribution in [2.75, 3.05) is 0 Å². The lowest BCUT2D eigenvalue weighted by molar-refractivity contribution is -0.296. The molecule has 1 rings (SSSR count). The Balaban J connectivity index is 3.94. The van der Waals surface area contributed by atoms with Gasteiger partial charge in [-0.2, -0.15) is 48.3 Å². The van der Waals surface area contributed by atoms with E-state index in [2.05, 4.69) is 0 Å². The van der Waals surface area contributed by atoms with E-state index in [9.17, 15) is 52.7 Å². The highest BCUT2D eigenvalue weighted by atomic mass is 19.4. The summed E-state index contributed by atoms with van der Waals surface area (Å²) in [6.45, 7) is 0. The molecule has 0 spiro atoms. The molecule has 0 radical (unpaired) electrons. The zero-order valence-corrected chi connectivity index (χ0v) is 8.54. The predicted molar refractivity (Wildman–Crippen MR) is 38.3 cm³/mol. The average Bonchev–Trinajstić information content (AvgIpc) is 2.19.